The van der Waals surface area contributed by atoms with Gasteiger partial charge in [0.15, 0.2) is 0 Å². The van der Waals surface area contributed by atoms with E-state index in [2.05, 4.69) is 68.1 Å². The molecule has 0 saturated heterocycles. The number of nitrogens with zero attached hydrogens (tertiary/aromatic N) is 4. The molecule has 0 saturated carbocycles. The summed E-state index contributed by atoms with van der Waals surface area (Å²) in [7, 11) is 0. The van der Waals surface area contributed by atoms with E-state index in [4.69, 9.17) is 23.4 Å². The average Bonchev–Trinajstić information content (AvgIpc) is 3.87. The minimum atomic E-state index is -0.571. The molecule has 0 aliphatic heterocycles. The minimum absolute atomic E-state index is 0. The van der Waals surface area contributed by atoms with Gasteiger partial charge in [0.05, 0.1) is 30.4 Å². The number of benzene rings is 7. The zero-order valence-electron chi connectivity index (χ0n) is 42.2. The van der Waals surface area contributed by atoms with E-state index in [0.717, 1.165) is 34.0 Å². The van der Waals surface area contributed by atoms with Crippen LogP contribution in [-0.2, 0) is 27.5 Å². The van der Waals surface area contributed by atoms with Gasteiger partial charge >= 0.3 is 0 Å². The molecule has 0 radical (unpaired) electrons. The topological polar surface area (TPSA) is 35.9 Å². The maximum absolute atomic E-state index is 8.99. The number of hydrogen-bond acceptors (Lipinski definition) is 2. The fourth-order valence-corrected chi connectivity index (χ4v) is 7.58. The van der Waals surface area contributed by atoms with Crippen LogP contribution >= 0.6 is 0 Å². The number of imidazole rings is 1. The SMILES string of the molecule is [2H]c1c([2H])c([2H])c(-c2cccc(-c3c([2H])c([2H])c([2H])c([2H])c3[2H])c2-[n+]2[c-]n(-c3[c-]c(Oc4[c-]c5c(cc4)c4ccccc4n5-c4cc(CC(C)(C)C)ccn4)ccc3)c3ccccc32)c([2H])c1[2H].[Pt]. The van der Waals surface area contributed by atoms with Crippen molar-refractivity contribution in [2.24, 2.45) is 5.41 Å². The Morgan fingerprint density at radius 1 is 0.678 bits per heavy atom. The summed E-state index contributed by atoms with van der Waals surface area (Å²) in [6, 6.07) is 35.3. The number of hydrogen-bond donors (Lipinski definition) is 0. The van der Waals surface area contributed by atoms with E-state index in [9.17, 15) is 0 Å². The van der Waals surface area contributed by atoms with Gasteiger partial charge < -0.3 is 13.9 Å². The monoisotopic (exact) mass is 953 g/mol. The Morgan fingerprint density at radius 2 is 1.34 bits per heavy atom. The van der Waals surface area contributed by atoms with Gasteiger partial charge in [0, 0.05) is 44.3 Å². The van der Waals surface area contributed by atoms with Gasteiger partial charge in [0.2, 0.25) is 0 Å². The van der Waals surface area contributed by atoms with Crippen LogP contribution in [0, 0.1) is 23.9 Å². The number of aromatic nitrogens is 4. The summed E-state index contributed by atoms with van der Waals surface area (Å²) >= 11 is 0. The van der Waals surface area contributed by atoms with Crippen molar-refractivity contribution in [3.63, 3.8) is 0 Å². The molecular weight excluding hydrogens is 904 g/mol. The van der Waals surface area contributed by atoms with Crippen LogP contribution in [0.15, 0.2) is 176 Å². The molecule has 10 aromatic rings. The molecule has 0 N–H and O–H groups in total. The van der Waals surface area contributed by atoms with Crippen molar-refractivity contribution in [2.75, 3.05) is 0 Å². The van der Waals surface area contributed by atoms with Crippen LogP contribution in [0.3, 0.4) is 0 Å². The molecule has 0 amide bonds. The Kier molecular flexibility index (Phi) is 7.42. The summed E-state index contributed by atoms with van der Waals surface area (Å²) in [5.74, 6) is 1.57. The van der Waals surface area contributed by atoms with E-state index >= 15 is 0 Å². The maximum Gasteiger partial charge on any atom is 0.268 e. The molecular formula is C53H40N4OPt-2. The molecule has 3 aromatic heterocycles. The number of ether oxygens (including phenoxy) is 1. The molecule has 0 unspecified atom stereocenters. The summed E-state index contributed by atoms with van der Waals surface area (Å²) in [5, 5.41) is 2.03. The first-order valence-corrected chi connectivity index (χ1v) is 18.9. The summed E-state index contributed by atoms with van der Waals surface area (Å²) in [6.45, 7) is 6.63. The van der Waals surface area contributed by atoms with Gasteiger partial charge in [-0.1, -0.05) is 147 Å². The van der Waals surface area contributed by atoms with Crippen LogP contribution in [-0.4, -0.2) is 14.1 Å². The second-order valence-corrected chi connectivity index (χ2v) is 15.2. The first-order chi connectivity index (χ1) is 32.5. The zero-order valence-corrected chi connectivity index (χ0v) is 34.5. The standard InChI is InChI=1S/C53H40N4O.Pt/c1-53(2,3)35-37-30-31-54-51(32-37)57-47-25-11-10-22-45(47)46-29-28-42(34-50(46)57)58-41-21-14-20-40(33-41)55-36-56(49-27-13-12-26-48(49)55)52-43(38-16-6-4-7-17-38)23-15-24-44(52)39-18-8-5-9-19-39;/h4-32H,35H2,1-3H3;/q-2;/i4D,5D,6D,7D,8D,9D,16D,17D,18D,19D;. The average molecular weight is 954 g/mol. The molecule has 0 fully saturated rings. The maximum atomic E-state index is 8.99. The molecule has 0 aliphatic rings. The van der Waals surface area contributed by atoms with Gasteiger partial charge in [0.1, 0.15) is 5.82 Å². The number of para-hydroxylation sites is 4. The Morgan fingerprint density at radius 3 is 2.07 bits per heavy atom. The second kappa shape index (κ2) is 15.7. The Bertz CT molecular complexity index is 3570. The van der Waals surface area contributed by atoms with Crippen molar-refractivity contribution in [1.29, 1.82) is 0 Å². The zero-order chi connectivity index (χ0) is 47.9. The molecule has 7 aromatic carbocycles. The van der Waals surface area contributed by atoms with Gasteiger partial charge in [-0.25, -0.2) is 4.98 Å². The van der Waals surface area contributed by atoms with E-state index in [0.29, 0.717) is 28.2 Å². The molecule has 0 spiro atoms. The van der Waals surface area contributed by atoms with Crippen molar-refractivity contribution in [3.8, 4) is 50.9 Å². The number of pyridine rings is 1. The molecule has 10 rings (SSSR count). The summed E-state index contributed by atoms with van der Waals surface area (Å²) in [4.78, 5) is 4.81. The van der Waals surface area contributed by atoms with E-state index in [1.807, 2.05) is 60.8 Å². The molecule has 3 heterocycles. The molecule has 5 nitrogen and oxygen atoms in total. The minimum Gasteiger partial charge on any atom is -0.510 e. The predicted molar refractivity (Wildman–Crippen MR) is 234 cm³/mol. The first-order valence-electron chi connectivity index (χ1n) is 23.9. The molecule has 6 heteroatoms. The molecule has 290 valence electrons. The second-order valence-electron chi connectivity index (χ2n) is 15.2. The van der Waals surface area contributed by atoms with Crippen LogP contribution in [0.4, 0.5) is 0 Å². The summed E-state index contributed by atoms with van der Waals surface area (Å²) in [5.41, 5.74) is 4.86. The summed E-state index contributed by atoms with van der Waals surface area (Å²) < 4.78 is 98.7. The van der Waals surface area contributed by atoms with E-state index in [-0.39, 0.29) is 54.4 Å². The van der Waals surface area contributed by atoms with Gasteiger partial charge in [-0.15, -0.1) is 29.7 Å². The van der Waals surface area contributed by atoms with Crippen molar-refractivity contribution >= 4 is 32.8 Å². The van der Waals surface area contributed by atoms with Gasteiger partial charge in [-0.2, -0.15) is 18.2 Å². The Balaban J connectivity index is 0.00000593. The van der Waals surface area contributed by atoms with Crippen molar-refractivity contribution in [2.45, 2.75) is 27.2 Å². The summed E-state index contributed by atoms with van der Waals surface area (Å²) in [6.07, 6.45) is 6.12. The third-order valence-electron chi connectivity index (χ3n) is 9.91. The van der Waals surface area contributed by atoms with E-state index in [1.54, 1.807) is 39.5 Å². The molecule has 0 bridgehead atoms. The third kappa shape index (κ3) is 7.28. The number of fused-ring (bicyclic) bond motifs is 4. The Hall–Kier alpha value is -6.55. The van der Waals surface area contributed by atoms with E-state index in [1.165, 1.54) is 5.56 Å². The van der Waals surface area contributed by atoms with Crippen LogP contribution in [0.2, 0.25) is 0 Å². The smallest absolute Gasteiger partial charge is 0.268 e. The van der Waals surface area contributed by atoms with Crippen LogP contribution in [0.5, 0.6) is 11.5 Å². The Labute approximate surface area is 373 Å². The fourth-order valence-electron chi connectivity index (χ4n) is 7.58. The normalized spacial score (nSPS) is 13.9. The van der Waals surface area contributed by atoms with Crippen LogP contribution < -0.4 is 9.30 Å². The van der Waals surface area contributed by atoms with Gasteiger partial charge in [-0.05, 0) is 68.9 Å². The predicted octanol–water partition coefficient (Wildman–Crippen LogP) is 12.5. The van der Waals surface area contributed by atoms with Crippen LogP contribution in [0.1, 0.15) is 40.0 Å². The van der Waals surface area contributed by atoms with E-state index < -0.39 is 60.4 Å². The van der Waals surface area contributed by atoms with Gasteiger partial charge in [-0.3, -0.25) is 4.57 Å². The number of rotatable bonds is 8. The molecule has 0 aliphatic carbocycles. The van der Waals surface area contributed by atoms with Crippen LogP contribution in [0.25, 0.3) is 72.3 Å². The van der Waals surface area contributed by atoms with Crippen molar-refractivity contribution in [1.82, 2.24) is 14.1 Å². The quantitative estimate of drug-likeness (QED) is 0.112. The largest absolute Gasteiger partial charge is 0.510 e. The fraction of sp³-hybridized carbons (Fsp3) is 0.0943. The first kappa shape index (κ1) is 28.0. The van der Waals surface area contributed by atoms with Gasteiger partial charge in [0.25, 0.3) is 6.33 Å². The third-order valence-corrected chi connectivity index (χ3v) is 9.91. The van der Waals surface area contributed by atoms with Crippen molar-refractivity contribution in [3.05, 3.63) is 200 Å². The molecule has 0 atom stereocenters. The molecule has 59 heavy (non-hydrogen) atoms. The van der Waals surface area contributed by atoms with Crippen molar-refractivity contribution < 1.29 is 44.1 Å².